The standard InChI is InChI=1S/C8H9Cl3O/c1-3-5-6(4-2)7(12)8(9,10)11/h3-5H,1-2H3/b5-3-,6-4+. The number of Topliss-reactive ketones (excluding diaryl/α,β-unsaturated/α-hetero) is 1. The molecular weight excluding hydrogens is 218 g/mol. The fourth-order valence-electron chi connectivity index (χ4n) is 0.646. The first-order valence-electron chi connectivity index (χ1n) is 3.34. The van der Waals surface area contributed by atoms with Crippen LogP contribution >= 0.6 is 34.8 Å². The molecule has 0 spiro atoms. The number of carbonyl (C=O) groups is 1. The molecule has 0 rings (SSSR count). The van der Waals surface area contributed by atoms with Crippen LogP contribution in [0.5, 0.6) is 0 Å². The van der Waals surface area contributed by atoms with Gasteiger partial charge in [-0.1, -0.05) is 53.0 Å². The van der Waals surface area contributed by atoms with Crippen LogP contribution < -0.4 is 0 Å². The molecule has 68 valence electrons. The zero-order valence-corrected chi connectivity index (χ0v) is 9.04. The van der Waals surface area contributed by atoms with E-state index < -0.39 is 9.58 Å². The summed E-state index contributed by atoms with van der Waals surface area (Å²) in [7, 11) is 0. The third-order valence-corrected chi connectivity index (χ3v) is 1.69. The third kappa shape index (κ3) is 3.61. The Labute approximate surface area is 87.0 Å². The van der Waals surface area contributed by atoms with Crippen LogP contribution in [0.2, 0.25) is 0 Å². The summed E-state index contributed by atoms with van der Waals surface area (Å²) in [4.78, 5) is 11.3. The SMILES string of the molecule is C/C=C\C(=C/C)C(=O)C(Cl)(Cl)Cl. The normalized spacial score (nSPS) is 13.9. The maximum Gasteiger partial charge on any atom is 0.253 e. The van der Waals surface area contributed by atoms with E-state index in [1.807, 2.05) is 0 Å². The van der Waals surface area contributed by atoms with Crippen LogP contribution in [0, 0.1) is 0 Å². The van der Waals surface area contributed by atoms with E-state index in [0.29, 0.717) is 5.57 Å². The Hall–Kier alpha value is 0.0200. The van der Waals surface area contributed by atoms with E-state index in [1.165, 1.54) is 0 Å². The molecule has 0 aliphatic heterocycles. The molecule has 1 nitrogen and oxygen atoms in total. The number of hydrogen-bond acceptors (Lipinski definition) is 1. The average molecular weight is 228 g/mol. The number of allylic oxidation sites excluding steroid dienone is 4. The first kappa shape index (κ1) is 12.0. The summed E-state index contributed by atoms with van der Waals surface area (Å²) in [5.74, 6) is -0.506. The molecule has 0 heterocycles. The summed E-state index contributed by atoms with van der Waals surface area (Å²) in [6.45, 7) is 3.50. The van der Waals surface area contributed by atoms with Crippen molar-refractivity contribution in [2.45, 2.75) is 17.6 Å². The number of carbonyl (C=O) groups excluding carboxylic acids is 1. The van der Waals surface area contributed by atoms with Crippen molar-refractivity contribution in [2.75, 3.05) is 0 Å². The second-order valence-corrected chi connectivity index (χ2v) is 4.35. The average Bonchev–Trinajstić information content (AvgIpc) is 1.97. The molecule has 12 heavy (non-hydrogen) atoms. The van der Waals surface area contributed by atoms with Gasteiger partial charge in [-0.2, -0.15) is 0 Å². The van der Waals surface area contributed by atoms with E-state index >= 15 is 0 Å². The lowest BCUT2D eigenvalue weighted by Crippen LogP contribution is -2.19. The van der Waals surface area contributed by atoms with Crippen LogP contribution in [0.3, 0.4) is 0 Å². The predicted molar refractivity (Wildman–Crippen MR) is 53.9 cm³/mol. The van der Waals surface area contributed by atoms with Crippen LogP contribution in [0.25, 0.3) is 0 Å². The number of rotatable bonds is 2. The van der Waals surface area contributed by atoms with Crippen LogP contribution in [0.1, 0.15) is 13.8 Å². The highest BCUT2D eigenvalue weighted by Gasteiger charge is 2.31. The number of alkyl halides is 3. The lowest BCUT2D eigenvalue weighted by Gasteiger charge is -2.09. The van der Waals surface area contributed by atoms with Crippen LogP contribution in [0.4, 0.5) is 0 Å². The molecule has 0 N–H and O–H groups in total. The first-order chi connectivity index (χ1) is 5.43. The molecule has 0 radical (unpaired) electrons. The number of ketones is 1. The van der Waals surface area contributed by atoms with Crippen LogP contribution in [-0.4, -0.2) is 9.58 Å². The van der Waals surface area contributed by atoms with Gasteiger partial charge in [-0.05, 0) is 13.8 Å². The molecule has 0 aromatic heterocycles. The second-order valence-electron chi connectivity index (χ2n) is 2.07. The fraction of sp³-hybridized carbons (Fsp3) is 0.375. The summed E-state index contributed by atoms with van der Waals surface area (Å²) in [5.41, 5.74) is 0.400. The van der Waals surface area contributed by atoms with E-state index in [2.05, 4.69) is 0 Å². The topological polar surface area (TPSA) is 17.1 Å². The lowest BCUT2D eigenvalue weighted by molar-refractivity contribution is -0.114. The van der Waals surface area contributed by atoms with Gasteiger partial charge >= 0.3 is 0 Å². The highest BCUT2D eigenvalue weighted by molar-refractivity contribution is 6.77. The van der Waals surface area contributed by atoms with Crippen molar-refractivity contribution in [1.29, 1.82) is 0 Å². The van der Waals surface area contributed by atoms with Crippen molar-refractivity contribution in [3.8, 4) is 0 Å². The molecule has 0 saturated carbocycles. The Morgan fingerprint density at radius 2 is 1.75 bits per heavy atom. The van der Waals surface area contributed by atoms with Crippen molar-refractivity contribution in [3.05, 3.63) is 23.8 Å². The first-order valence-corrected chi connectivity index (χ1v) is 4.47. The van der Waals surface area contributed by atoms with Crippen molar-refractivity contribution in [2.24, 2.45) is 0 Å². The Morgan fingerprint density at radius 1 is 1.25 bits per heavy atom. The number of halogens is 3. The maximum absolute atomic E-state index is 11.3. The van der Waals surface area contributed by atoms with Crippen LogP contribution in [0.15, 0.2) is 23.8 Å². The minimum Gasteiger partial charge on any atom is -0.289 e. The van der Waals surface area contributed by atoms with Gasteiger partial charge in [-0.25, -0.2) is 0 Å². The molecule has 0 saturated heterocycles. The zero-order valence-electron chi connectivity index (χ0n) is 6.77. The Balaban J connectivity index is 4.68. The van der Waals surface area contributed by atoms with Gasteiger partial charge in [0.25, 0.3) is 3.79 Å². The number of hydrogen-bond donors (Lipinski definition) is 0. The summed E-state index contributed by atoms with van der Waals surface area (Å²) in [5, 5.41) is 0. The fourth-order valence-corrected chi connectivity index (χ4v) is 0.974. The third-order valence-electron chi connectivity index (χ3n) is 1.18. The van der Waals surface area contributed by atoms with Crippen molar-refractivity contribution in [3.63, 3.8) is 0 Å². The highest BCUT2D eigenvalue weighted by atomic mass is 35.6. The molecule has 0 aliphatic rings. The van der Waals surface area contributed by atoms with Gasteiger partial charge in [-0.15, -0.1) is 0 Å². The molecule has 0 unspecified atom stereocenters. The molecular formula is C8H9Cl3O. The van der Waals surface area contributed by atoms with E-state index in [4.69, 9.17) is 34.8 Å². The smallest absolute Gasteiger partial charge is 0.253 e. The van der Waals surface area contributed by atoms with E-state index in [1.54, 1.807) is 32.1 Å². The van der Waals surface area contributed by atoms with Crippen molar-refractivity contribution in [1.82, 2.24) is 0 Å². The Kier molecular flexibility index (Phi) is 4.91. The minimum absolute atomic E-state index is 0.400. The van der Waals surface area contributed by atoms with Gasteiger partial charge in [0.2, 0.25) is 5.78 Å². The van der Waals surface area contributed by atoms with Gasteiger partial charge < -0.3 is 0 Å². The summed E-state index contributed by atoms with van der Waals surface area (Å²) < 4.78 is -1.86. The summed E-state index contributed by atoms with van der Waals surface area (Å²) in [6, 6.07) is 0. The maximum atomic E-state index is 11.3. The van der Waals surface area contributed by atoms with Gasteiger partial charge in [0.05, 0.1) is 0 Å². The lowest BCUT2D eigenvalue weighted by atomic mass is 10.1. The summed E-state index contributed by atoms with van der Waals surface area (Å²) in [6.07, 6.45) is 4.91. The minimum atomic E-state index is -1.86. The quantitative estimate of drug-likeness (QED) is 0.401. The molecule has 0 fully saturated rings. The van der Waals surface area contributed by atoms with Gasteiger partial charge in [0.15, 0.2) is 0 Å². The van der Waals surface area contributed by atoms with Crippen molar-refractivity contribution < 1.29 is 4.79 Å². The van der Waals surface area contributed by atoms with Crippen LogP contribution in [-0.2, 0) is 4.79 Å². The predicted octanol–water partition coefficient (Wildman–Crippen LogP) is 3.45. The second kappa shape index (κ2) is 4.90. The van der Waals surface area contributed by atoms with E-state index in [0.717, 1.165) is 0 Å². The van der Waals surface area contributed by atoms with E-state index in [9.17, 15) is 4.79 Å². The molecule has 0 atom stereocenters. The van der Waals surface area contributed by atoms with E-state index in [-0.39, 0.29) is 0 Å². The Bertz CT molecular complexity index is 223. The summed E-state index contributed by atoms with van der Waals surface area (Å²) >= 11 is 16.2. The van der Waals surface area contributed by atoms with Gasteiger partial charge in [0.1, 0.15) is 0 Å². The molecule has 0 aromatic rings. The monoisotopic (exact) mass is 226 g/mol. The largest absolute Gasteiger partial charge is 0.289 e. The van der Waals surface area contributed by atoms with Crippen molar-refractivity contribution >= 4 is 40.6 Å². The van der Waals surface area contributed by atoms with Gasteiger partial charge in [0, 0.05) is 5.57 Å². The Morgan fingerprint density at radius 3 is 2.00 bits per heavy atom. The van der Waals surface area contributed by atoms with Gasteiger partial charge in [-0.3, -0.25) is 4.79 Å². The molecule has 0 amide bonds. The molecule has 0 aromatic carbocycles. The highest BCUT2D eigenvalue weighted by Crippen LogP contribution is 2.30. The molecule has 4 heteroatoms. The zero-order chi connectivity index (χ0) is 9.78. The molecule has 0 aliphatic carbocycles. The molecule has 0 bridgehead atoms.